The SMILES string of the molecule is COc1cc2c(cc1OC)N(C(=O)O)[C@H](C(=O)O)C[C@@H]2N. The van der Waals surface area contributed by atoms with Crippen LogP contribution in [0.1, 0.15) is 18.0 Å². The van der Waals surface area contributed by atoms with Crippen LogP contribution in [-0.4, -0.2) is 42.5 Å². The van der Waals surface area contributed by atoms with Crippen molar-refractivity contribution in [2.24, 2.45) is 5.73 Å². The van der Waals surface area contributed by atoms with Gasteiger partial charge >= 0.3 is 12.1 Å². The Morgan fingerprint density at radius 3 is 2.29 bits per heavy atom. The van der Waals surface area contributed by atoms with Gasteiger partial charge in [-0.1, -0.05) is 0 Å². The van der Waals surface area contributed by atoms with Gasteiger partial charge in [-0.2, -0.15) is 0 Å². The number of methoxy groups -OCH3 is 2. The smallest absolute Gasteiger partial charge is 0.412 e. The summed E-state index contributed by atoms with van der Waals surface area (Å²) in [6, 6.07) is 1.17. The van der Waals surface area contributed by atoms with Crippen molar-refractivity contribution in [1.82, 2.24) is 0 Å². The fourth-order valence-electron chi connectivity index (χ4n) is 2.48. The number of aliphatic carboxylic acids is 1. The monoisotopic (exact) mass is 296 g/mol. The van der Waals surface area contributed by atoms with E-state index in [0.717, 1.165) is 4.90 Å². The first kappa shape index (κ1) is 14.9. The number of benzene rings is 1. The second-order valence-corrected chi connectivity index (χ2v) is 4.61. The van der Waals surface area contributed by atoms with E-state index in [-0.39, 0.29) is 12.1 Å². The van der Waals surface area contributed by atoms with Gasteiger partial charge in [0.1, 0.15) is 6.04 Å². The zero-order valence-corrected chi connectivity index (χ0v) is 11.6. The standard InChI is InChI=1S/C13H16N2O6/c1-20-10-3-6-7(14)4-9(12(16)17)15(13(18)19)8(6)5-11(10)21-2/h3,5,7,9H,4,14H2,1-2H3,(H,16,17)(H,18,19)/t7-,9-/m0/s1. The highest BCUT2D eigenvalue weighted by Gasteiger charge is 2.39. The number of nitrogens with two attached hydrogens (primary N) is 1. The number of rotatable bonds is 3. The van der Waals surface area contributed by atoms with Gasteiger partial charge in [-0.05, 0) is 18.1 Å². The largest absolute Gasteiger partial charge is 0.493 e. The van der Waals surface area contributed by atoms with Crippen LogP contribution in [0.4, 0.5) is 10.5 Å². The second kappa shape index (κ2) is 5.49. The molecule has 4 N–H and O–H groups in total. The topological polar surface area (TPSA) is 122 Å². The molecule has 0 unspecified atom stereocenters. The molecule has 0 aliphatic carbocycles. The van der Waals surface area contributed by atoms with E-state index in [2.05, 4.69) is 0 Å². The summed E-state index contributed by atoms with van der Waals surface area (Å²) in [5.41, 5.74) is 6.68. The van der Waals surface area contributed by atoms with Crippen LogP contribution in [0.2, 0.25) is 0 Å². The highest BCUT2D eigenvalue weighted by Crippen LogP contribution is 2.42. The second-order valence-electron chi connectivity index (χ2n) is 4.61. The van der Waals surface area contributed by atoms with Crippen molar-refractivity contribution in [3.63, 3.8) is 0 Å². The van der Waals surface area contributed by atoms with E-state index in [1.165, 1.54) is 20.3 Å². The number of carbonyl (C=O) groups is 2. The Kier molecular flexibility index (Phi) is 3.90. The molecule has 1 heterocycles. The minimum absolute atomic E-state index is 0.00981. The molecule has 8 nitrogen and oxygen atoms in total. The molecule has 0 bridgehead atoms. The molecule has 1 aromatic carbocycles. The summed E-state index contributed by atoms with van der Waals surface area (Å²) in [5.74, 6) is -0.528. The van der Waals surface area contributed by atoms with Gasteiger partial charge in [0.2, 0.25) is 0 Å². The molecule has 0 aromatic heterocycles. The Labute approximate surface area is 120 Å². The molecule has 0 saturated heterocycles. The molecule has 8 heteroatoms. The molecule has 0 fully saturated rings. The average Bonchev–Trinajstić information content (AvgIpc) is 2.45. The van der Waals surface area contributed by atoms with E-state index < -0.39 is 24.1 Å². The van der Waals surface area contributed by atoms with Crippen molar-refractivity contribution in [1.29, 1.82) is 0 Å². The number of nitrogens with zero attached hydrogens (tertiary/aromatic N) is 1. The number of ether oxygens (including phenoxy) is 2. The first-order valence-corrected chi connectivity index (χ1v) is 6.17. The van der Waals surface area contributed by atoms with Gasteiger partial charge in [0, 0.05) is 12.1 Å². The van der Waals surface area contributed by atoms with Crippen molar-refractivity contribution < 1.29 is 29.3 Å². The molecule has 1 aliphatic heterocycles. The summed E-state index contributed by atoms with van der Waals surface area (Å²) in [6.45, 7) is 0. The fraction of sp³-hybridized carbons (Fsp3) is 0.385. The minimum Gasteiger partial charge on any atom is -0.493 e. The van der Waals surface area contributed by atoms with Gasteiger partial charge in [0.05, 0.1) is 19.9 Å². The number of carboxylic acid groups (broad SMARTS) is 2. The summed E-state index contributed by atoms with van der Waals surface area (Å²) < 4.78 is 10.3. The van der Waals surface area contributed by atoms with Crippen LogP contribution >= 0.6 is 0 Å². The summed E-state index contributed by atoms with van der Waals surface area (Å²) in [6.07, 6.45) is -1.37. The van der Waals surface area contributed by atoms with Gasteiger partial charge in [-0.25, -0.2) is 9.59 Å². The summed E-state index contributed by atoms with van der Waals surface area (Å²) in [4.78, 5) is 23.5. The van der Waals surface area contributed by atoms with Crippen LogP contribution in [-0.2, 0) is 4.79 Å². The molecule has 0 radical (unpaired) electrons. The third-order valence-corrected chi connectivity index (χ3v) is 3.47. The van der Waals surface area contributed by atoms with Gasteiger partial charge in [0.25, 0.3) is 0 Å². The maximum Gasteiger partial charge on any atom is 0.412 e. The Hall–Kier alpha value is -2.48. The van der Waals surface area contributed by atoms with E-state index in [1.807, 2.05) is 0 Å². The predicted octanol–water partition coefficient (Wildman–Crippen LogP) is 1.04. The quantitative estimate of drug-likeness (QED) is 0.761. The molecular weight excluding hydrogens is 280 g/mol. The lowest BCUT2D eigenvalue weighted by molar-refractivity contribution is -0.138. The van der Waals surface area contributed by atoms with Crippen LogP contribution in [0.5, 0.6) is 11.5 Å². The Bertz CT molecular complexity index is 588. The van der Waals surface area contributed by atoms with Crippen LogP contribution in [0.3, 0.4) is 0 Å². The summed E-state index contributed by atoms with van der Waals surface area (Å²) in [7, 11) is 2.86. The van der Waals surface area contributed by atoms with Gasteiger partial charge in [0.15, 0.2) is 11.5 Å². The van der Waals surface area contributed by atoms with Crippen molar-refractivity contribution in [3.8, 4) is 11.5 Å². The van der Waals surface area contributed by atoms with E-state index >= 15 is 0 Å². The number of fused-ring (bicyclic) bond motifs is 1. The summed E-state index contributed by atoms with van der Waals surface area (Å²) >= 11 is 0. The van der Waals surface area contributed by atoms with Crippen LogP contribution in [0, 0.1) is 0 Å². The number of anilines is 1. The van der Waals surface area contributed by atoms with Crippen LogP contribution in [0.15, 0.2) is 12.1 Å². The minimum atomic E-state index is -1.36. The molecular formula is C13H16N2O6. The summed E-state index contributed by atoms with van der Waals surface area (Å²) in [5, 5.41) is 18.5. The van der Waals surface area contributed by atoms with Crippen molar-refractivity contribution in [3.05, 3.63) is 17.7 Å². The van der Waals surface area contributed by atoms with Gasteiger partial charge < -0.3 is 25.4 Å². The van der Waals surface area contributed by atoms with Crippen molar-refractivity contribution in [2.45, 2.75) is 18.5 Å². The fourth-order valence-corrected chi connectivity index (χ4v) is 2.48. The molecule has 0 saturated carbocycles. The number of hydrogen-bond acceptors (Lipinski definition) is 5. The zero-order valence-electron chi connectivity index (χ0n) is 11.6. The van der Waals surface area contributed by atoms with Crippen LogP contribution < -0.4 is 20.1 Å². The molecule has 2 atom stereocenters. The van der Waals surface area contributed by atoms with Gasteiger partial charge in [-0.15, -0.1) is 0 Å². The van der Waals surface area contributed by atoms with Crippen molar-refractivity contribution in [2.75, 3.05) is 19.1 Å². The molecule has 2 rings (SSSR count). The third-order valence-electron chi connectivity index (χ3n) is 3.47. The molecule has 1 aliphatic rings. The highest BCUT2D eigenvalue weighted by molar-refractivity contribution is 5.96. The van der Waals surface area contributed by atoms with Crippen molar-refractivity contribution >= 4 is 17.7 Å². The van der Waals surface area contributed by atoms with E-state index in [1.54, 1.807) is 6.07 Å². The Morgan fingerprint density at radius 1 is 1.24 bits per heavy atom. The number of hydrogen-bond donors (Lipinski definition) is 3. The third kappa shape index (κ3) is 2.45. The lowest BCUT2D eigenvalue weighted by Crippen LogP contribution is -2.49. The molecule has 0 spiro atoms. The van der Waals surface area contributed by atoms with Crippen LogP contribution in [0.25, 0.3) is 0 Å². The average molecular weight is 296 g/mol. The number of carboxylic acids is 1. The maximum atomic E-state index is 11.4. The number of amides is 1. The van der Waals surface area contributed by atoms with E-state index in [9.17, 15) is 19.8 Å². The Balaban J connectivity index is 2.64. The molecule has 114 valence electrons. The molecule has 1 aromatic rings. The molecule has 1 amide bonds. The predicted molar refractivity (Wildman–Crippen MR) is 73.0 cm³/mol. The highest BCUT2D eigenvalue weighted by atomic mass is 16.5. The first-order valence-electron chi connectivity index (χ1n) is 6.17. The van der Waals surface area contributed by atoms with E-state index in [4.69, 9.17) is 15.2 Å². The maximum absolute atomic E-state index is 11.4. The Morgan fingerprint density at radius 2 is 1.81 bits per heavy atom. The van der Waals surface area contributed by atoms with E-state index in [0.29, 0.717) is 17.1 Å². The lowest BCUT2D eigenvalue weighted by Gasteiger charge is -2.36. The van der Waals surface area contributed by atoms with Gasteiger partial charge in [-0.3, -0.25) is 4.90 Å². The lowest BCUT2D eigenvalue weighted by atomic mass is 9.91. The first-order chi connectivity index (χ1) is 9.90. The molecule has 21 heavy (non-hydrogen) atoms. The zero-order chi connectivity index (χ0) is 15.7. The normalized spacial score (nSPS) is 20.6.